The zero-order valence-corrected chi connectivity index (χ0v) is 18.7. The zero-order valence-electron chi connectivity index (χ0n) is 18.7. The Hall–Kier alpha value is -3.31. The fraction of sp³-hybridized carbons (Fsp3) is 0.296. The van der Waals surface area contributed by atoms with E-state index in [2.05, 4.69) is 72.2 Å². The quantitative estimate of drug-likeness (QED) is 0.561. The third-order valence-electron chi connectivity index (χ3n) is 6.46. The van der Waals surface area contributed by atoms with Gasteiger partial charge in [0.25, 0.3) is 0 Å². The number of hydrogen-bond donors (Lipinski definition) is 1. The maximum atomic E-state index is 13.0. The van der Waals surface area contributed by atoms with Crippen molar-refractivity contribution in [3.63, 3.8) is 0 Å². The molecule has 0 saturated carbocycles. The predicted molar refractivity (Wildman–Crippen MR) is 131 cm³/mol. The summed E-state index contributed by atoms with van der Waals surface area (Å²) >= 11 is 0. The maximum Gasteiger partial charge on any atom is 0.343 e. The summed E-state index contributed by atoms with van der Waals surface area (Å²) in [7, 11) is 0. The van der Waals surface area contributed by atoms with Gasteiger partial charge in [0, 0.05) is 67.3 Å². The third-order valence-corrected chi connectivity index (χ3v) is 6.46. The smallest absolute Gasteiger partial charge is 0.343 e. The maximum absolute atomic E-state index is 13.0. The van der Waals surface area contributed by atoms with Gasteiger partial charge in [-0.3, -0.25) is 0 Å². The van der Waals surface area contributed by atoms with E-state index in [1.165, 1.54) is 16.8 Å². The van der Waals surface area contributed by atoms with Gasteiger partial charge in [0.05, 0.1) is 5.56 Å². The van der Waals surface area contributed by atoms with Gasteiger partial charge in [-0.1, -0.05) is 25.2 Å². The van der Waals surface area contributed by atoms with Crippen LogP contribution in [0.3, 0.4) is 0 Å². The lowest BCUT2D eigenvalue weighted by Crippen LogP contribution is -2.43. The van der Waals surface area contributed by atoms with E-state index in [9.17, 15) is 4.79 Å². The highest BCUT2D eigenvalue weighted by molar-refractivity contribution is 5.84. The van der Waals surface area contributed by atoms with Crippen molar-refractivity contribution >= 4 is 22.2 Å². The fourth-order valence-corrected chi connectivity index (χ4v) is 4.77. The summed E-state index contributed by atoms with van der Waals surface area (Å²) in [4.78, 5) is 17.5. The van der Waals surface area contributed by atoms with Crippen LogP contribution in [0.25, 0.3) is 16.5 Å². The van der Waals surface area contributed by atoms with Gasteiger partial charge < -0.3 is 19.5 Å². The van der Waals surface area contributed by atoms with Crippen LogP contribution in [-0.2, 0) is 0 Å². The van der Waals surface area contributed by atoms with Gasteiger partial charge in [0.15, 0.2) is 0 Å². The van der Waals surface area contributed by atoms with Crippen molar-refractivity contribution < 1.29 is 4.42 Å². The van der Waals surface area contributed by atoms with Gasteiger partial charge >= 0.3 is 5.63 Å². The van der Waals surface area contributed by atoms with Crippen molar-refractivity contribution in [3.05, 3.63) is 94.3 Å². The first-order valence-corrected chi connectivity index (χ1v) is 11.3. The van der Waals surface area contributed by atoms with Crippen molar-refractivity contribution in [2.45, 2.75) is 20.3 Å². The predicted octanol–water partition coefficient (Wildman–Crippen LogP) is 4.80. The summed E-state index contributed by atoms with van der Waals surface area (Å²) < 4.78 is 5.82. The van der Waals surface area contributed by atoms with Crippen LogP contribution in [0.15, 0.2) is 87.5 Å². The van der Waals surface area contributed by atoms with Gasteiger partial charge in [-0.25, -0.2) is 4.79 Å². The molecule has 1 fully saturated rings. The van der Waals surface area contributed by atoms with Crippen LogP contribution < -0.4 is 15.8 Å². The van der Waals surface area contributed by atoms with E-state index in [0.717, 1.165) is 49.2 Å². The molecule has 3 aliphatic rings. The largest absolute Gasteiger partial charge is 0.422 e. The molecule has 0 amide bonds. The first-order valence-electron chi connectivity index (χ1n) is 11.3. The van der Waals surface area contributed by atoms with E-state index in [-0.39, 0.29) is 11.5 Å². The monoisotopic (exact) mass is 427 g/mol. The molecule has 0 aliphatic carbocycles. The summed E-state index contributed by atoms with van der Waals surface area (Å²) in [6.45, 7) is 12.0. The Kier molecular flexibility index (Phi) is 5.35. The summed E-state index contributed by atoms with van der Waals surface area (Å²) in [5, 5.41) is 4.31. The van der Waals surface area contributed by atoms with Gasteiger partial charge in [0.1, 0.15) is 5.58 Å². The molecule has 5 heteroatoms. The molecule has 3 aliphatic heterocycles. The zero-order chi connectivity index (χ0) is 22.2. The molecule has 0 bridgehead atoms. The molecule has 164 valence electrons. The van der Waals surface area contributed by atoms with Crippen molar-refractivity contribution in [2.24, 2.45) is 5.92 Å². The Balaban J connectivity index is 1.52. The standard InChI is InChI=1S/C27H29N3O2/c1-4-5-20-12-19(3)25-13-18(2)24(17-30(25)16-20)23-14-21-6-7-22(15-26(21)32-27(23)31)29-10-8-28-9-11-29/h4,6-7,12-18,28H,1,5,8-11H2,2-3H3. The van der Waals surface area contributed by atoms with Crippen LogP contribution in [0.2, 0.25) is 0 Å². The summed E-state index contributed by atoms with van der Waals surface area (Å²) in [6, 6.07) is 8.15. The molecule has 1 saturated heterocycles. The highest BCUT2D eigenvalue weighted by Gasteiger charge is 2.25. The second-order valence-corrected chi connectivity index (χ2v) is 8.76. The van der Waals surface area contributed by atoms with Gasteiger partial charge in [-0.05, 0) is 48.3 Å². The molecule has 1 aromatic heterocycles. The molecule has 0 radical (unpaired) electrons. The molecule has 5 nitrogen and oxygen atoms in total. The van der Waals surface area contributed by atoms with E-state index < -0.39 is 0 Å². The fourth-order valence-electron chi connectivity index (χ4n) is 4.77. The molecule has 4 heterocycles. The van der Waals surface area contributed by atoms with Crippen molar-refractivity contribution in [1.29, 1.82) is 0 Å². The number of nitrogens with zero attached hydrogens (tertiary/aromatic N) is 2. The molecular weight excluding hydrogens is 398 g/mol. The Morgan fingerprint density at radius 1 is 1.22 bits per heavy atom. The number of rotatable bonds is 4. The van der Waals surface area contributed by atoms with E-state index in [1.807, 2.05) is 18.2 Å². The first-order chi connectivity index (χ1) is 15.5. The number of fused-ring (bicyclic) bond motifs is 2. The molecule has 1 aromatic carbocycles. The highest BCUT2D eigenvalue weighted by atomic mass is 16.4. The van der Waals surface area contributed by atoms with E-state index in [1.54, 1.807) is 0 Å². The third kappa shape index (κ3) is 3.73. The first kappa shape index (κ1) is 20.6. The lowest BCUT2D eigenvalue weighted by molar-refractivity contribution is 0.553. The van der Waals surface area contributed by atoms with Crippen LogP contribution in [0.5, 0.6) is 0 Å². The van der Waals surface area contributed by atoms with Crippen LogP contribution in [0.4, 0.5) is 5.69 Å². The SMILES string of the molecule is C=CCC1=CN2C=C(c3cc4ccc(N5CCNCC5)cc4oc3=O)C(C)C=C2C(C)=C1. The molecule has 2 aromatic rings. The normalized spacial score (nSPS) is 20.9. The molecule has 1 unspecified atom stereocenters. The van der Waals surface area contributed by atoms with Crippen molar-refractivity contribution in [2.75, 3.05) is 31.1 Å². The average molecular weight is 428 g/mol. The Labute approximate surface area is 188 Å². The molecule has 32 heavy (non-hydrogen) atoms. The molecule has 1 atom stereocenters. The lowest BCUT2D eigenvalue weighted by Gasteiger charge is -2.32. The number of nitrogens with one attached hydrogen (secondary N) is 1. The second kappa shape index (κ2) is 8.32. The van der Waals surface area contributed by atoms with Crippen molar-refractivity contribution in [1.82, 2.24) is 10.2 Å². The Bertz CT molecular complexity index is 1260. The summed E-state index contributed by atoms with van der Waals surface area (Å²) in [6.07, 6.45) is 11.3. The minimum absolute atomic E-state index is 0.111. The Morgan fingerprint density at radius 2 is 2.03 bits per heavy atom. The van der Waals surface area contributed by atoms with E-state index in [0.29, 0.717) is 11.1 Å². The average Bonchev–Trinajstić information content (AvgIpc) is 2.79. The topological polar surface area (TPSA) is 48.7 Å². The number of piperazine rings is 1. The summed E-state index contributed by atoms with van der Waals surface area (Å²) in [5.41, 5.74) is 6.64. The number of hydrogen-bond acceptors (Lipinski definition) is 5. The van der Waals surface area contributed by atoms with E-state index >= 15 is 0 Å². The number of anilines is 1. The van der Waals surface area contributed by atoms with E-state index in [4.69, 9.17) is 4.42 Å². The number of allylic oxidation sites excluding steroid dienone is 6. The minimum Gasteiger partial charge on any atom is -0.422 e. The lowest BCUT2D eigenvalue weighted by atomic mass is 9.89. The molecule has 1 N–H and O–H groups in total. The Morgan fingerprint density at radius 3 is 2.81 bits per heavy atom. The van der Waals surface area contributed by atoms with Gasteiger partial charge in [-0.15, -0.1) is 6.58 Å². The van der Waals surface area contributed by atoms with Crippen LogP contribution in [0.1, 0.15) is 25.8 Å². The van der Waals surface area contributed by atoms with Crippen LogP contribution in [0, 0.1) is 5.92 Å². The molecule has 5 rings (SSSR count). The minimum atomic E-state index is -0.288. The number of benzene rings is 1. The van der Waals surface area contributed by atoms with Gasteiger partial charge in [0.2, 0.25) is 0 Å². The highest BCUT2D eigenvalue weighted by Crippen LogP contribution is 2.36. The molecule has 0 spiro atoms. The molecular formula is C27H29N3O2. The van der Waals surface area contributed by atoms with Crippen LogP contribution >= 0.6 is 0 Å². The summed E-state index contributed by atoms with van der Waals surface area (Å²) in [5.74, 6) is 0.111. The van der Waals surface area contributed by atoms with Gasteiger partial charge in [-0.2, -0.15) is 0 Å². The van der Waals surface area contributed by atoms with Crippen molar-refractivity contribution in [3.8, 4) is 0 Å². The second-order valence-electron chi connectivity index (χ2n) is 8.76. The van der Waals surface area contributed by atoms with Crippen LogP contribution in [-0.4, -0.2) is 31.1 Å².